The number of amides is 1. The molecule has 3 heterocycles. The summed E-state index contributed by atoms with van der Waals surface area (Å²) in [5.41, 5.74) is 2.82. The van der Waals surface area contributed by atoms with Gasteiger partial charge in [-0.15, -0.1) is 0 Å². The Hall–Kier alpha value is -3.91. The molecule has 1 N–H and O–H groups in total. The number of halogens is 1. The Labute approximate surface area is 224 Å². The Balaban J connectivity index is 1.06. The zero-order valence-electron chi connectivity index (χ0n) is 20.6. The Bertz CT molecular complexity index is 1590. The normalized spacial score (nSPS) is 21.8. The summed E-state index contributed by atoms with van der Waals surface area (Å²) in [6.07, 6.45) is 3.41. The van der Waals surface area contributed by atoms with E-state index in [2.05, 4.69) is 10.3 Å². The number of aromatic nitrogens is 3. The van der Waals surface area contributed by atoms with Gasteiger partial charge in [0, 0.05) is 64.7 Å². The largest absolute Gasteiger partial charge is 0.445 e. The lowest BCUT2D eigenvalue weighted by Crippen LogP contribution is -2.34. The van der Waals surface area contributed by atoms with Crippen LogP contribution in [-0.2, 0) is 11.3 Å². The van der Waals surface area contributed by atoms with Crippen molar-refractivity contribution in [1.82, 2.24) is 19.4 Å². The van der Waals surface area contributed by atoms with Crippen molar-refractivity contribution < 1.29 is 9.53 Å². The highest BCUT2D eigenvalue weighted by Gasteiger charge is 2.57. The summed E-state index contributed by atoms with van der Waals surface area (Å²) in [7, 11) is 0. The third kappa shape index (κ3) is 4.19. The van der Waals surface area contributed by atoms with Crippen LogP contribution in [0.5, 0.6) is 0 Å². The molecule has 8 nitrogen and oxygen atoms in total. The van der Waals surface area contributed by atoms with E-state index in [1.807, 2.05) is 54.6 Å². The lowest BCUT2D eigenvalue weighted by atomic mass is 10.1. The number of hydrogen-bond acceptors (Lipinski definition) is 6. The second-order valence-corrected chi connectivity index (χ2v) is 10.8. The first-order valence-corrected chi connectivity index (χ1v) is 13.3. The third-order valence-corrected chi connectivity index (χ3v) is 8.13. The number of hydrogen-bond donors (Lipinski definition) is 1. The van der Waals surface area contributed by atoms with E-state index >= 15 is 0 Å². The molecule has 3 aliphatic rings. The van der Waals surface area contributed by atoms with E-state index in [-0.39, 0.29) is 30.3 Å². The van der Waals surface area contributed by atoms with Crippen molar-refractivity contribution in [2.75, 3.05) is 18.4 Å². The van der Waals surface area contributed by atoms with E-state index < -0.39 is 0 Å². The Morgan fingerprint density at radius 1 is 1.03 bits per heavy atom. The molecule has 0 radical (unpaired) electrons. The first-order chi connectivity index (χ1) is 18.6. The summed E-state index contributed by atoms with van der Waals surface area (Å²) in [4.78, 5) is 37.2. The SMILES string of the molecule is O=C(OCc1ccccc1)N1CC2C(C1)C2Nc1ncc2cc(-c3ccccc3Cl)c(=O)n(C3CC3)c2n1. The minimum absolute atomic E-state index is 0.0781. The zero-order chi connectivity index (χ0) is 25.8. The fraction of sp³-hybridized carbons (Fsp3) is 0.310. The van der Waals surface area contributed by atoms with Gasteiger partial charge in [-0.1, -0.05) is 60.1 Å². The summed E-state index contributed by atoms with van der Waals surface area (Å²) in [5.74, 6) is 1.19. The molecule has 2 aromatic heterocycles. The van der Waals surface area contributed by atoms with Crippen LogP contribution in [0.2, 0.25) is 5.02 Å². The van der Waals surface area contributed by atoms with Gasteiger partial charge in [0.1, 0.15) is 12.3 Å². The fourth-order valence-electron chi connectivity index (χ4n) is 5.58. The van der Waals surface area contributed by atoms with Gasteiger partial charge in [0.05, 0.1) is 0 Å². The monoisotopic (exact) mass is 527 g/mol. The lowest BCUT2D eigenvalue weighted by molar-refractivity contribution is 0.100. The second kappa shape index (κ2) is 9.13. The van der Waals surface area contributed by atoms with Crippen molar-refractivity contribution in [3.05, 3.63) is 87.8 Å². The van der Waals surface area contributed by atoms with Crippen molar-refractivity contribution in [3.8, 4) is 11.1 Å². The molecular weight excluding hydrogens is 502 g/mol. The zero-order valence-corrected chi connectivity index (χ0v) is 21.3. The van der Waals surface area contributed by atoms with Crippen molar-refractivity contribution in [2.24, 2.45) is 11.8 Å². The minimum atomic E-state index is -0.274. The van der Waals surface area contributed by atoms with Crippen LogP contribution in [-0.4, -0.2) is 44.7 Å². The Morgan fingerprint density at radius 3 is 2.50 bits per heavy atom. The number of nitrogens with zero attached hydrogens (tertiary/aromatic N) is 4. The number of carbonyl (C=O) groups excluding carboxylic acids is 1. The third-order valence-electron chi connectivity index (χ3n) is 7.80. The summed E-state index contributed by atoms with van der Waals surface area (Å²) in [6.45, 7) is 1.58. The van der Waals surface area contributed by atoms with Crippen LogP contribution in [0.15, 0.2) is 71.7 Å². The molecule has 7 rings (SSSR count). The summed E-state index contributed by atoms with van der Waals surface area (Å²) in [5, 5.41) is 4.80. The maximum atomic E-state index is 13.5. The molecule has 9 heteroatoms. The fourth-order valence-corrected chi connectivity index (χ4v) is 5.82. The molecule has 2 unspecified atom stereocenters. The Morgan fingerprint density at radius 2 is 1.76 bits per heavy atom. The highest BCUT2D eigenvalue weighted by Crippen LogP contribution is 2.47. The molecule has 38 heavy (non-hydrogen) atoms. The number of fused-ring (bicyclic) bond motifs is 2. The molecule has 1 amide bonds. The standard InChI is InChI=1S/C29H26ClN5O3/c30-24-9-5-4-8-20(24)21-12-18-13-31-28(33-26(18)35(27(21)36)19-10-11-19)32-25-22-14-34(15-23(22)25)29(37)38-16-17-6-2-1-3-7-17/h1-9,12-13,19,22-23,25H,10-11,14-16H2,(H,31,32,33). The topological polar surface area (TPSA) is 89.4 Å². The van der Waals surface area contributed by atoms with Gasteiger partial charge in [-0.25, -0.2) is 9.78 Å². The molecular formula is C29H26ClN5O3. The molecule has 1 saturated heterocycles. The van der Waals surface area contributed by atoms with Gasteiger partial charge in [0.2, 0.25) is 5.95 Å². The molecule has 4 aromatic rings. The first-order valence-electron chi connectivity index (χ1n) is 13.0. The number of carbonyl (C=O) groups is 1. The molecule has 2 aromatic carbocycles. The Kier molecular flexibility index (Phi) is 5.58. The van der Waals surface area contributed by atoms with Gasteiger partial charge in [-0.2, -0.15) is 4.98 Å². The predicted molar refractivity (Wildman–Crippen MR) is 145 cm³/mol. The van der Waals surface area contributed by atoms with Crippen molar-refractivity contribution in [2.45, 2.75) is 31.5 Å². The van der Waals surface area contributed by atoms with Crippen molar-refractivity contribution in [1.29, 1.82) is 0 Å². The summed E-state index contributed by atoms with van der Waals surface area (Å²) >= 11 is 6.42. The molecule has 2 atom stereocenters. The number of rotatable bonds is 6. The highest BCUT2D eigenvalue weighted by molar-refractivity contribution is 6.33. The maximum Gasteiger partial charge on any atom is 0.410 e. The number of likely N-dealkylation sites (tertiary alicyclic amines) is 1. The highest BCUT2D eigenvalue weighted by atomic mass is 35.5. The van der Waals surface area contributed by atoms with Gasteiger partial charge >= 0.3 is 6.09 Å². The van der Waals surface area contributed by atoms with Crippen LogP contribution in [0.4, 0.5) is 10.7 Å². The molecule has 3 fully saturated rings. The van der Waals surface area contributed by atoms with E-state index in [0.717, 1.165) is 29.4 Å². The number of benzene rings is 2. The number of ether oxygens (including phenoxy) is 1. The average molecular weight is 528 g/mol. The van der Waals surface area contributed by atoms with Gasteiger partial charge in [-0.05, 0) is 30.5 Å². The van der Waals surface area contributed by atoms with Crippen LogP contribution in [0.1, 0.15) is 24.4 Å². The van der Waals surface area contributed by atoms with Crippen LogP contribution < -0.4 is 10.9 Å². The van der Waals surface area contributed by atoms with E-state index in [1.54, 1.807) is 21.7 Å². The van der Waals surface area contributed by atoms with E-state index in [1.165, 1.54) is 0 Å². The minimum Gasteiger partial charge on any atom is -0.445 e. The van der Waals surface area contributed by atoms with Gasteiger partial charge in [-0.3, -0.25) is 9.36 Å². The lowest BCUT2D eigenvalue weighted by Gasteiger charge is -2.20. The number of anilines is 1. The smallest absolute Gasteiger partial charge is 0.410 e. The number of piperidine rings is 1. The van der Waals surface area contributed by atoms with E-state index in [9.17, 15) is 9.59 Å². The number of pyridine rings is 1. The van der Waals surface area contributed by atoms with Crippen LogP contribution in [0.3, 0.4) is 0 Å². The molecule has 0 bridgehead atoms. The average Bonchev–Trinajstić information content (AvgIpc) is 3.84. The molecule has 192 valence electrons. The van der Waals surface area contributed by atoms with Crippen LogP contribution >= 0.6 is 11.6 Å². The van der Waals surface area contributed by atoms with Crippen molar-refractivity contribution >= 4 is 34.7 Å². The van der Waals surface area contributed by atoms with Crippen LogP contribution in [0, 0.1) is 11.8 Å². The summed E-state index contributed by atoms with van der Waals surface area (Å²) < 4.78 is 7.29. The second-order valence-electron chi connectivity index (χ2n) is 10.4. The molecule has 2 saturated carbocycles. The molecule has 2 aliphatic carbocycles. The van der Waals surface area contributed by atoms with Gasteiger partial charge in [0.25, 0.3) is 5.56 Å². The molecule has 0 spiro atoms. The van der Waals surface area contributed by atoms with E-state index in [0.29, 0.717) is 47.1 Å². The quantitative estimate of drug-likeness (QED) is 0.374. The molecule has 1 aliphatic heterocycles. The number of nitrogens with one attached hydrogen (secondary N) is 1. The van der Waals surface area contributed by atoms with Crippen LogP contribution in [0.25, 0.3) is 22.2 Å². The first kappa shape index (κ1) is 23.2. The van der Waals surface area contributed by atoms with E-state index in [4.69, 9.17) is 21.3 Å². The van der Waals surface area contributed by atoms with Gasteiger partial charge in [0.15, 0.2) is 0 Å². The van der Waals surface area contributed by atoms with Gasteiger partial charge < -0.3 is 15.0 Å². The van der Waals surface area contributed by atoms with Crippen molar-refractivity contribution in [3.63, 3.8) is 0 Å². The predicted octanol–water partition coefficient (Wildman–Crippen LogP) is 5.13. The maximum absolute atomic E-state index is 13.5. The summed E-state index contributed by atoms with van der Waals surface area (Å²) in [6, 6.07) is 19.3.